The molecule has 3 aromatic rings. The van der Waals surface area contributed by atoms with Crippen molar-refractivity contribution < 1.29 is 52.7 Å². The van der Waals surface area contributed by atoms with Gasteiger partial charge in [0, 0.05) is 93.3 Å². The number of aromatic nitrogens is 1. The van der Waals surface area contributed by atoms with Crippen LogP contribution in [0.25, 0.3) is 10.9 Å². The van der Waals surface area contributed by atoms with Crippen molar-refractivity contribution in [2.75, 3.05) is 32.5 Å². The van der Waals surface area contributed by atoms with E-state index in [1.54, 1.807) is 63.1 Å². The highest BCUT2D eigenvalue weighted by Gasteiger charge is 2.46. The Morgan fingerprint density at radius 2 is 1.41 bits per heavy atom. The number of anilines is 1. The molecule has 1 aliphatic heterocycles. The maximum Gasteiger partial charge on any atom is 0.410 e. The molecule has 81 heavy (non-hydrogen) atoms. The number of hydrogen-bond donors (Lipinski definition) is 5. The Labute approximate surface area is 477 Å². The van der Waals surface area contributed by atoms with E-state index in [1.807, 2.05) is 90.5 Å². The van der Waals surface area contributed by atoms with Gasteiger partial charge in [0.1, 0.15) is 18.7 Å². The first-order valence-electron chi connectivity index (χ1n) is 27.9. The fourth-order valence-electron chi connectivity index (χ4n) is 10.1. The van der Waals surface area contributed by atoms with E-state index in [4.69, 9.17) is 10.5 Å². The number of imide groups is 1. The predicted octanol–water partition coefficient (Wildman–Crippen LogP) is 7.23. The smallest absolute Gasteiger partial charge is 0.410 e. The number of carbonyl (C=O) groups is 10. The lowest BCUT2D eigenvalue weighted by molar-refractivity contribution is -0.141. The molecule has 0 saturated carbocycles. The third-order valence-electron chi connectivity index (χ3n) is 15.0. The minimum Gasteiger partial charge on any atom is -0.445 e. The predicted molar refractivity (Wildman–Crippen MR) is 311 cm³/mol. The Morgan fingerprint density at radius 3 is 1.99 bits per heavy atom. The highest BCUT2D eigenvalue weighted by atomic mass is 16.6. The van der Waals surface area contributed by atoms with Gasteiger partial charge in [0.15, 0.2) is 11.6 Å². The fraction of sp³-hybridized carbons (Fsp3) is 0.541. The minimum atomic E-state index is -1.22. The van der Waals surface area contributed by atoms with Crippen LogP contribution in [0.5, 0.6) is 0 Å². The summed E-state index contributed by atoms with van der Waals surface area (Å²) in [5, 5.41) is 12.1. The number of Topliss-reactive ketones (excluding diaryl/α,β-unsaturated/α-hetero) is 2. The first-order chi connectivity index (χ1) is 37.9. The summed E-state index contributed by atoms with van der Waals surface area (Å²) in [6.45, 7) is 20.2. The molecule has 0 bridgehead atoms. The maximum atomic E-state index is 15.1. The van der Waals surface area contributed by atoms with Crippen LogP contribution in [-0.4, -0.2) is 130 Å². The standard InChI is InChI=1S/C61H87N9O11/c1-37(2)47(33-39(5)40(6)71)68(13)57(78)53(60(7,8)9)66-56(77)54(61(10,11)45-35-67(12)46-23-18-17-22-44(45)46)69(14)59(80)81-36-41-25-27-43(28-26-41)64-55(76)42(21-20-31-63-58(62)79)34-48(72)52(38(3)4)65-49(73)24-16-15-19-32-70-50(74)29-30-51(70)75/h17-18,22-23,25-30,33,35,37-38,42,47,52-54H,15-16,19-21,24,31-32,34,36H2,1-14H3,(H,64,76)(H,65,73)(H,66,77)(H3,62,63,79)/b39-33+/t42-,47-,52+,53-,54-/m1/s1. The third kappa shape index (κ3) is 18.2. The molecule has 5 atom stereocenters. The van der Waals surface area contributed by atoms with Crippen LogP contribution in [0.15, 0.2) is 78.5 Å². The molecule has 0 spiro atoms. The number of primary amides is 1. The number of allylic oxidation sites excluding steroid dienone is 1. The van der Waals surface area contributed by atoms with E-state index >= 15 is 4.79 Å². The molecule has 2 heterocycles. The van der Waals surface area contributed by atoms with E-state index in [9.17, 15) is 43.2 Å². The number of nitrogens with zero attached hydrogens (tertiary/aromatic N) is 4. The summed E-state index contributed by atoms with van der Waals surface area (Å²) in [7, 11) is 5.05. The van der Waals surface area contributed by atoms with Crippen LogP contribution in [-0.2, 0) is 62.2 Å². The molecule has 0 unspecified atom stereocenters. The van der Waals surface area contributed by atoms with Gasteiger partial charge in [0.2, 0.25) is 23.6 Å². The topological polar surface area (TPSA) is 269 Å². The number of likely N-dealkylation sites (N-methyl/N-ethyl adjacent to an activating group) is 2. The number of ketones is 2. The van der Waals surface area contributed by atoms with E-state index in [1.165, 1.54) is 31.0 Å². The third-order valence-corrected chi connectivity index (χ3v) is 15.0. The van der Waals surface area contributed by atoms with Gasteiger partial charge < -0.3 is 41.2 Å². The Hall–Kier alpha value is -7.64. The van der Waals surface area contributed by atoms with Gasteiger partial charge in [0.25, 0.3) is 11.8 Å². The van der Waals surface area contributed by atoms with Crippen LogP contribution in [0.2, 0.25) is 0 Å². The van der Waals surface area contributed by atoms with Crippen molar-refractivity contribution in [3.05, 3.63) is 89.7 Å². The van der Waals surface area contributed by atoms with E-state index in [0.29, 0.717) is 42.5 Å². The highest BCUT2D eigenvalue weighted by Crippen LogP contribution is 2.37. The van der Waals surface area contributed by atoms with Gasteiger partial charge in [-0.15, -0.1) is 0 Å². The number of hydrogen-bond acceptors (Lipinski definition) is 11. The van der Waals surface area contributed by atoms with Crippen molar-refractivity contribution in [2.45, 2.75) is 157 Å². The van der Waals surface area contributed by atoms with Gasteiger partial charge >= 0.3 is 12.1 Å². The van der Waals surface area contributed by atoms with Crippen molar-refractivity contribution in [3.8, 4) is 0 Å². The Morgan fingerprint density at radius 1 is 0.778 bits per heavy atom. The summed E-state index contributed by atoms with van der Waals surface area (Å²) in [4.78, 5) is 136. The zero-order valence-corrected chi connectivity index (χ0v) is 49.9. The second kappa shape index (κ2) is 29.2. The van der Waals surface area contributed by atoms with Crippen LogP contribution in [0.1, 0.15) is 132 Å². The zero-order chi connectivity index (χ0) is 60.7. The number of nitrogens with two attached hydrogens (primary N) is 1. The lowest BCUT2D eigenvalue weighted by Gasteiger charge is -2.42. The number of fused-ring (bicyclic) bond motifs is 1. The molecule has 20 nitrogen and oxygen atoms in total. The van der Waals surface area contributed by atoms with Crippen molar-refractivity contribution in [2.24, 2.45) is 36.0 Å². The normalized spacial score (nSPS) is 14.8. The molecular formula is C61H87N9O11. The number of benzene rings is 2. The Bertz CT molecular complexity index is 2820. The van der Waals surface area contributed by atoms with Gasteiger partial charge in [0.05, 0.1) is 12.1 Å². The van der Waals surface area contributed by atoms with E-state index in [0.717, 1.165) is 21.4 Å². The fourth-order valence-corrected chi connectivity index (χ4v) is 10.1. The monoisotopic (exact) mass is 1120 g/mol. The molecule has 442 valence electrons. The van der Waals surface area contributed by atoms with Crippen LogP contribution in [0.3, 0.4) is 0 Å². The summed E-state index contributed by atoms with van der Waals surface area (Å²) in [5.41, 5.74) is 6.52. The van der Waals surface area contributed by atoms with E-state index in [2.05, 4.69) is 21.3 Å². The molecule has 9 amide bonds. The highest BCUT2D eigenvalue weighted by molar-refractivity contribution is 6.12. The quantitative estimate of drug-likeness (QED) is 0.0263. The maximum absolute atomic E-state index is 15.1. The summed E-state index contributed by atoms with van der Waals surface area (Å²) in [6, 6.07) is 9.94. The SMILES string of the molecule is CC(=O)/C(C)=C/[C@H](C(C)C)N(C)C(=O)[C@@H](NC(=O)[C@@H](N(C)C(=O)OCc1ccc(NC(=O)[C@H](CCCNC(N)=O)CC(=O)[C@@H](NC(=O)CCCCCN2C(=O)C=CC2=O)C(C)C)cc1)C(C)(C)c1cn(C)c2ccccc12)C(C)(C)C. The number of nitrogens with one attached hydrogen (secondary N) is 4. The van der Waals surface area contributed by atoms with Crippen LogP contribution >= 0.6 is 0 Å². The van der Waals surface area contributed by atoms with Crippen molar-refractivity contribution >= 4 is 75.7 Å². The molecular weight excluding hydrogens is 1030 g/mol. The van der Waals surface area contributed by atoms with Gasteiger partial charge in [-0.05, 0) is 91.7 Å². The summed E-state index contributed by atoms with van der Waals surface area (Å²) >= 11 is 0. The number of unbranched alkanes of at least 4 members (excludes halogenated alkanes) is 2. The molecule has 0 saturated heterocycles. The minimum absolute atomic E-state index is 0.0712. The molecule has 1 aliphatic rings. The van der Waals surface area contributed by atoms with Crippen molar-refractivity contribution in [3.63, 3.8) is 0 Å². The molecule has 0 aliphatic carbocycles. The average Bonchev–Trinajstić information content (AvgIpc) is 3.91. The lowest BCUT2D eigenvalue weighted by Crippen LogP contribution is -2.63. The average molecular weight is 1120 g/mol. The van der Waals surface area contributed by atoms with Gasteiger partial charge in [-0.1, -0.05) is 105 Å². The second-order valence-corrected chi connectivity index (χ2v) is 23.6. The number of para-hydroxylation sites is 1. The van der Waals surface area contributed by atoms with E-state index in [-0.39, 0.29) is 86.0 Å². The number of urea groups is 1. The first-order valence-corrected chi connectivity index (χ1v) is 27.9. The molecule has 0 radical (unpaired) electrons. The Balaban J connectivity index is 1.51. The number of rotatable bonds is 29. The molecule has 2 aromatic carbocycles. The summed E-state index contributed by atoms with van der Waals surface area (Å²) in [6.07, 6.45) is 7.35. The number of carbonyl (C=O) groups excluding carboxylic acids is 10. The van der Waals surface area contributed by atoms with Crippen LogP contribution < -0.4 is 27.0 Å². The zero-order valence-electron chi connectivity index (χ0n) is 49.9. The molecule has 1 aromatic heterocycles. The van der Waals surface area contributed by atoms with Crippen molar-refractivity contribution in [1.82, 2.24) is 35.2 Å². The van der Waals surface area contributed by atoms with Crippen LogP contribution in [0, 0.1) is 23.2 Å². The largest absolute Gasteiger partial charge is 0.445 e. The van der Waals surface area contributed by atoms with Crippen LogP contribution in [0.4, 0.5) is 15.3 Å². The Kier molecular flexibility index (Phi) is 23.7. The van der Waals surface area contributed by atoms with Gasteiger partial charge in [-0.25, -0.2) is 9.59 Å². The van der Waals surface area contributed by atoms with Crippen molar-refractivity contribution in [1.29, 1.82) is 0 Å². The number of ether oxygens (including phenoxy) is 1. The summed E-state index contributed by atoms with van der Waals surface area (Å²) in [5.74, 6) is -4.19. The molecule has 6 N–H and O–H groups in total. The molecule has 4 rings (SSSR count). The molecule has 0 fully saturated rings. The lowest BCUT2D eigenvalue weighted by atomic mass is 9.76. The molecule has 20 heteroatoms. The van der Waals surface area contributed by atoms with Gasteiger partial charge in [-0.3, -0.25) is 48.2 Å². The summed E-state index contributed by atoms with van der Waals surface area (Å²) < 4.78 is 7.85. The second-order valence-electron chi connectivity index (χ2n) is 23.6. The van der Waals surface area contributed by atoms with Gasteiger partial charge in [-0.2, -0.15) is 0 Å². The number of aryl methyl sites for hydroxylation is 1. The number of amides is 9. The van der Waals surface area contributed by atoms with E-state index < -0.39 is 64.9 Å². The first kappa shape index (κ1) is 65.9.